The van der Waals surface area contributed by atoms with Crippen molar-refractivity contribution in [2.75, 3.05) is 18.4 Å². The molecule has 0 bridgehead atoms. The number of anilines is 1. The van der Waals surface area contributed by atoms with E-state index in [1.54, 1.807) is 0 Å². The van der Waals surface area contributed by atoms with Crippen molar-refractivity contribution in [2.45, 2.75) is 19.3 Å². The predicted octanol–water partition coefficient (Wildman–Crippen LogP) is 2.65. The van der Waals surface area contributed by atoms with E-state index in [-0.39, 0.29) is 5.69 Å². The smallest absolute Gasteiger partial charge is 0.185 e. The summed E-state index contributed by atoms with van der Waals surface area (Å²) in [5, 5.41) is 5.04. The van der Waals surface area contributed by atoms with Crippen LogP contribution in [0.1, 0.15) is 19.3 Å². The normalized spacial score (nSPS) is 16.3. The van der Waals surface area contributed by atoms with Crippen LogP contribution in [0, 0.1) is 11.6 Å². The summed E-state index contributed by atoms with van der Waals surface area (Å²) in [7, 11) is 0. The molecule has 0 aromatic heterocycles. The van der Waals surface area contributed by atoms with Gasteiger partial charge in [-0.15, -0.1) is 0 Å². The van der Waals surface area contributed by atoms with Crippen molar-refractivity contribution in [3.05, 3.63) is 29.8 Å². The minimum Gasteiger partial charge on any atom is -0.329 e. The van der Waals surface area contributed by atoms with Gasteiger partial charge in [-0.05, 0) is 37.2 Å². The molecule has 0 atom stereocenters. The number of halogens is 2. The molecule has 0 unspecified atom stereocenters. The quantitative estimate of drug-likeness (QED) is 0.809. The Bertz CT molecular complexity index is 433. The van der Waals surface area contributed by atoms with Crippen LogP contribution in [0.15, 0.2) is 18.2 Å². The fourth-order valence-electron chi connectivity index (χ4n) is 1.89. The third-order valence-electron chi connectivity index (χ3n) is 2.80. The van der Waals surface area contributed by atoms with Crippen molar-refractivity contribution in [2.24, 2.45) is 0 Å². The van der Waals surface area contributed by atoms with Crippen molar-refractivity contribution in [1.82, 2.24) is 10.4 Å². The molecular weight excluding hydrogens is 256 g/mol. The molecule has 1 heterocycles. The van der Waals surface area contributed by atoms with Gasteiger partial charge in [0.05, 0.1) is 5.69 Å². The first-order chi connectivity index (χ1) is 8.65. The van der Waals surface area contributed by atoms with E-state index in [4.69, 9.17) is 12.2 Å². The van der Waals surface area contributed by atoms with Crippen LogP contribution in [0.25, 0.3) is 0 Å². The number of benzene rings is 1. The fraction of sp³-hybridized carbons (Fsp3) is 0.417. The highest BCUT2D eigenvalue weighted by Crippen LogP contribution is 2.15. The lowest BCUT2D eigenvalue weighted by Gasteiger charge is -2.28. The Kier molecular flexibility index (Phi) is 4.43. The Morgan fingerprint density at radius 3 is 2.56 bits per heavy atom. The Morgan fingerprint density at radius 1 is 1.17 bits per heavy atom. The lowest BCUT2D eigenvalue weighted by molar-refractivity contribution is 0.196. The number of nitrogens with zero attached hydrogens (tertiary/aromatic N) is 1. The van der Waals surface area contributed by atoms with Gasteiger partial charge in [-0.25, -0.2) is 13.8 Å². The van der Waals surface area contributed by atoms with Gasteiger partial charge >= 0.3 is 0 Å². The number of piperidine rings is 1. The van der Waals surface area contributed by atoms with Crippen LogP contribution in [-0.2, 0) is 0 Å². The molecule has 1 fully saturated rings. The van der Waals surface area contributed by atoms with Gasteiger partial charge in [-0.2, -0.15) is 0 Å². The van der Waals surface area contributed by atoms with E-state index in [0.29, 0.717) is 5.11 Å². The van der Waals surface area contributed by atoms with Crippen molar-refractivity contribution in [3.8, 4) is 0 Å². The molecule has 1 aromatic rings. The van der Waals surface area contributed by atoms with Crippen LogP contribution in [-0.4, -0.2) is 23.2 Å². The van der Waals surface area contributed by atoms with Crippen LogP contribution in [0.4, 0.5) is 14.5 Å². The van der Waals surface area contributed by atoms with Crippen molar-refractivity contribution in [3.63, 3.8) is 0 Å². The summed E-state index contributed by atoms with van der Waals surface area (Å²) in [6, 6.07) is 3.34. The van der Waals surface area contributed by atoms with Crippen molar-refractivity contribution >= 4 is 23.0 Å². The first kappa shape index (κ1) is 13.2. The van der Waals surface area contributed by atoms with Gasteiger partial charge in [0.2, 0.25) is 0 Å². The maximum absolute atomic E-state index is 13.4. The summed E-state index contributed by atoms with van der Waals surface area (Å²) in [6.07, 6.45) is 3.48. The van der Waals surface area contributed by atoms with Crippen LogP contribution < -0.4 is 10.7 Å². The maximum Gasteiger partial charge on any atom is 0.185 e. The summed E-state index contributed by atoms with van der Waals surface area (Å²) < 4.78 is 26.1. The van der Waals surface area contributed by atoms with E-state index in [0.717, 1.165) is 32.0 Å². The molecule has 2 rings (SSSR count). The van der Waals surface area contributed by atoms with Gasteiger partial charge in [0, 0.05) is 19.2 Å². The molecule has 1 aromatic carbocycles. The Labute approximate surface area is 110 Å². The summed E-state index contributed by atoms with van der Waals surface area (Å²) in [5.41, 5.74) is 3.17. The summed E-state index contributed by atoms with van der Waals surface area (Å²) >= 11 is 5.09. The summed E-state index contributed by atoms with van der Waals surface area (Å²) in [4.78, 5) is 0. The number of hydrogen-bond acceptors (Lipinski definition) is 2. The van der Waals surface area contributed by atoms with Gasteiger partial charge in [0.25, 0.3) is 0 Å². The molecule has 6 heteroatoms. The third kappa shape index (κ3) is 3.61. The monoisotopic (exact) mass is 271 g/mol. The Hall–Kier alpha value is -1.27. The third-order valence-corrected chi connectivity index (χ3v) is 2.99. The van der Waals surface area contributed by atoms with Crippen molar-refractivity contribution < 1.29 is 8.78 Å². The second-order valence-electron chi connectivity index (χ2n) is 4.24. The zero-order valence-electron chi connectivity index (χ0n) is 9.88. The minimum atomic E-state index is -0.655. The topological polar surface area (TPSA) is 27.3 Å². The zero-order chi connectivity index (χ0) is 13.0. The van der Waals surface area contributed by atoms with Crippen LogP contribution in [0.2, 0.25) is 0 Å². The molecule has 3 nitrogen and oxygen atoms in total. The lowest BCUT2D eigenvalue weighted by atomic mass is 10.2. The fourth-order valence-corrected chi connectivity index (χ4v) is 2.13. The average Bonchev–Trinajstić information content (AvgIpc) is 2.34. The molecule has 98 valence electrons. The zero-order valence-corrected chi connectivity index (χ0v) is 10.7. The Morgan fingerprint density at radius 2 is 1.89 bits per heavy atom. The molecule has 0 radical (unpaired) electrons. The highest BCUT2D eigenvalue weighted by Gasteiger charge is 2.11. The average molecular weight is 271 g/mol. The predicted molar refractivity (Wildman–Crippen MR) is 71.1 cm³/mol. The van der Waals surface area contributed by atoms with Gasteiger partial charge in [0.15, 0.2) is 5.11 Å². The van der Waals surface area contributed by atoms with Crippen molar-refractivity contribution in [1.29, 1.82) is 0 Å². The Balaban J connectivity index is 1.90. The van der Waals surface area contributed by atoms with E-state index < -0.39 is 11.6 Å². The first-order valence-electron chi connectivity index (χ1n) is 5.93. The SMILES string of the molecule is Fc1ccc(NC(=S)NN2CCCCC2)c(F)c1. The standard InChI is InChI=1S/C12H15F2N3S/c13-9-4-5-11(10(14)8-9)15-12(18)16-17-6-2-1-3-7-17/h4-5,8H,1-3,6-7H2,(H2,15,16,18). The van der Waals surface area contributed by atoms with Gasteiger partial charge in [-0.3, -0.25) is 5.43 Å². The molecule has 1 aliphatic heterocycles. The second kappa shape index (κ2) is 6.06. The van der Waals surface area contributed by atoms with E-state index >= 15 is 0 Å². The number of hydrogen-bond donors (Lipinski definition) is 2. The largest absolute Gasteiger partial charge is 0.329 e. The first-order valence-corrected chi connectivity index (χ1v) is 6.33. The van der Waals surface area contributed by atoms with Gasteiger partial charge in [-0.1, -0.05) is 6.42 Å². The van der Waals surface area contributed by atoms with E-state index in [1.165, 1.54) is 18.6 Å². The van der Waals surface area contributed by atoms with Crippen LogP contribution in [0.5, 0.6) is 0 Å². The van der Waals surface area contributed by atoms with Gasteiger partial charge < -0.3 is 5.32 Å². The summed E-state index contributed by atoms with van der Waals surface area (Å²) in [5.74, 6) is -1.26. The van der Waals surface area contributed by atoms with E-state index in [2.05, 4.69) is 10.7 Å². The molecule has 0 amide bonds. The number of nitrogens with one attached hydrogen (secondary N) is 2. The highest BCUT2D eigenvalue weighted by molar-refractivity contribution is 7.80. The van der Waals surface area contributed by atoms with Gasteiger partial charge in [0.1, 0.15) is 11.6 Å². The highest BCUT2D eigenvalue weighted by atomic mass is 32.1. The second-order valence-corrected chi connectivity index (χ2v) is 4.65. The summed E-state index contributed by atoms with van der Waals surface area (Å²) in [6.45, 7) is 1.85. The minimum absolute atomic E-state index is 0.172. The molecule has 0 saturated carbocycles. The van der Waals surface area contributed by atoms with E-state index in [9.17, 15) is 8.78 Å². The number of rotatable bonds is 2. The molecule has 18 heavy (non-hydrogen) atoms. The molecular formula is C12H15F2N3S. The van der Waals surface area contributed by atoms with Crippen LogP contribution >= 0.6 is 12.2 Å². The molecule has 0 spiro atoms. The van der Waals surface area contributed by atoms with E-state index in [1.807, 2.05) is 5.01 Å². The number of hydrazine groups is 1. The molecule has 2 N–H and O–H groups in total. The molecule has 1 aliphatic rings. The number of thiocarbonyl (C=S) groups is 1. The lowest BCUT2D eigenvalue weighted by Crippen LogP contribution is -2.46. The van der Waals surface area contributed by atoms with Crippen LogP contribution in [0.3, 0.4) is 0 Å². The molecule has 1 saturated heterocycles. The molecule has 0 aliphatic carbocycles. The maximum atomic E-state index is 13.4.